The minimum atomic E-state index is -2.81. The summed E-state index contributed by atoms with van der Waals surface area (Å²) in [5.74, 6) is 2.61. The van der Waals surface area contributed by atoms with Crippen molar-refractivity contribution in [2.75, 3.05) is 27.3 Å². The van der Waals surface area contributed by atoms with Crippen molar-refractivity contribution in [3.8, 4) is 11.5 Å². The second kappa shape index (κ2) is 9.34. The average molecular weight is 357 g/mol. The first kappa shape index (κ1) is 19.9. The first-order valence-electron chi connectivity index (χ1n) is 8.83. The maximum atomic E-state index is 12.4. The van der Waals surface area contributed by atoms with E-state index in [0.29, 0.717) is 28.9 Å². The van der Waals surface area contributed by atoms with Crippen molar-refractivity contribution in [3.63, 3.8) is 0 Å². The summed E-state index contributed by atoms with van der Waals surface area (Å²) in [5, 5.41) is 3.48. The van der Waals surface area contributed by atoms with Crippen LogP contribution in [0.5, 0.6) is 11.5 Å². The predicted molar refractivity (Wildman–Crippen MR) is 93.5 cm³/mol. The number of nitrogens with one attached hydrogen (secondary N) is 1. The molecule has 0 saturated carbocycles. The second-order valence-corrected chi connectivity index (χ2v) is 6.75. The van der Waals surface area contributed by atoms with Gasteiger partial charge in [-0.3, -0.25) is 0 Å². The van der Waals surface area contributed by atoms with Gasteiger partial charge in [0, 0.05) is 11.1 Å². The van der Waals surface area contributed by atoms with Crippen LogP contribution in [0.25, 0.3) is 0 Å². The zero-order valence-corrected chi connectivity index (χ0v) is 15.5. The molecule has 1 saturated heterocycles. The number of benzene rings is 1. The third-order valence-electron chi connectivity index (χ3n) is 5.22. The van der Waals surface area contributed by atoms with Gasteiger partial charge in [0.1, 0.15) is 11.5 Å². The molecule has 1 aromatic rings. The molecule has 0 amide bonds. The highest BCUT2D eigenvalue weighted by molar-refractivity contribution is 5.48. The number of hydrogen-bond donors (Lipinski definition) is 1. The number of methoxy groups -OCH3 is 2. The first-order chi connectivity index (χ1) is 12.0. The Kier molecular flexibility index (Phi) is 7.44. The number of rotatable bonds is 7. The van der Waals surface area contributed by atoms with E-state index < -0.39 is 6.61 Å². The van der Waals surface area contributed by atoms with Crippen LogP contribution < -0.4 is 14.8 Å². The summed E-state index contributed by atoms with van der Waals surface area (Å²) in [6.07, 6.45) is 2.30. The normalized spacial score (nSPS) is 22.5. The molecular formula is C19H29F2NO3. The molecule has 2 rings (SSSR count). The molecule has 0 spiro atoms. The highest BCUT2D eigenvalue weighted by Crippen LogP contribution is 2.41. The third-order valence-corrected chi connectivity index (χ3v) is 5.22. The third kappa shape index (κ3) is 5.05. The predicted octanol–water partition coefficient (Wildman–Crippen LogP) is 4.18. The van der Waals surface area contributed by atoms with E-state index in [9.17, 15) is 8.78 Å². The molecular weight excluding hydrogens is 328 g/mol. The summed E-state index contributed by atoms with van der Waals surface area (Å²) in [7, 11) is 3.15. The monoisotopic (exact) mass is 357 g/mol. The Morgan fingerprint density at radius 2 is 1.92 bits per heavy atom. The molecule has 0 bridgehead atoms. The van der Waals surface area contributed by atoms with Gasteiger partial charge in [0.15, 0.2) is 0 Å². The molecule has 2 unspecified atom stereocenters. The number of ether oxygens (including phenoxy) is 3. The van der Waals surface area contributed by atoms with Crippen molar-refractivity contribution < 1.29 is 23.0 Å². The Labute approximate surface area is 148 Å². The minimum Gasteiger partial charge on any atom is -0.496 e. The first-order valence-corrected chi connectivity index (χ1v) is 8.83. The molecule has 4 nitrogen and oxygen atoms in total. The Bertz CT molecular complexity index is 554. The van der Waals surface area contributed by atoms with Crippen molar-refractivity contribution >= 4 is 0 Å². The summed E-state index contributed by atoms with van der Waals surface area (Å²) in [5.41, 5.74) is 1.62. The molecule has 25 heavy (non-hydrogen) atoms. The van der Waals surface area contributed by atoms with Gasteiger partial charge in [0.2, 0.25) is 0 Å². The quantitative estimate of drug-likeness (QED) is 0.795. The smallest absolute Gasteiger partial charge is 0.345 e. The number of hydrogen-bond acceptors (Lipinski definition) is 4. The van der Waals surface area contributed by atoms with Gasteiger partial charge in [-0.15, -0.1) is 0 Å². The summed E-state index contributed by atoms with van der Waals surface area (Å²) >= 11 is 0. The van der Waals surface area contributed by atoms with Gasteiger partial charge in [0.05, 0.1) is 20.8 Å². The fourth-order valence-electron chi connectivity index (χ4n) is 3.81. The molecule has 1 aliphatic rings. The van der Waals surface area contributed by atoms with Gasteiger partial charge in [-0.2, -0.15) is 8.78 Å². The lowest BCUT2D eigenvalue weighted by molar-refractivity contribution is -0.137. The fourth-order valence-corrected chi connectivity index (χ4v) is 3.81. The van der Waals surface area contributed by atoms with Gasteiger partial charge in [-0.25, -0.2) is 0 Å². The number of halogens is 2. The second-order valence-electron chi connectivity index (χ2n) is 6.75. The van der Waals surface area contributed by atoms with Crippen LogP contribution in [0.3, 0.4) is 0 Å². The lowest BCUT2D eigenvalue weighted by Crippen LogP contribution is -2.25. The SMILES string of the molecule is COc1cc(C(C)[C@H]2CCCNCC2C)c(OC)cc1COC(F)F. The summed E-state index contributed by atoms with van der Waals surface area (Å²) < 4.78 is 40.2. The largest absolute Gasteiger partial charge is 0.496 e. The van der Waals surface area contributed by atoms with Crippen molar-refractivity contribution in [3.05, 3.63) is 23.3 Å². The van der Waals surface area contributed by atoms with Crippen LogP contribution in [0, 0.1) is 11.8 Å². The maximum Gasteiger partial charge on any atom is 0.345 e. The molecule has 0 radical (unpaired) electrons. The highest BCUT2D eigenvalue weighted by atomic mass is 19.3. The molecule has 1 N–H and O–H groups in total. The zero-order valence-electron chi connectivity index (χ0n) is 15.5. The van der Waals surface area contributed by atoms with Crippen LogP contribution >= 0.6 is 0 Å². The van der Waals surface area contributed by atoms with E-state index in [2.05, 4.69) is 23.9 Å². The van der Waals surface area contributed by atoms with Crippen LogP contribution in [0.1, 0.15) is 43.7 Å². The Morgan fingerprint density at radius 3 is 2.56 bits per heavy atom. The Balaban J connectivity index is 2.31. The van der Waals surface area contributed by atoms with E-state index in [1.807, 2.05) is 6.07 Å². The summed E-state index contributed by atoms with van der Waals surface area (Å²) in [6, 6.07) is 3.67. The van der Waals surface area contributed by atoms with E-state index in [4.69, 9.17) is 9.47 Å². The van der Waals surface area contributed by atoms with Gasteiger partial charge in [-0.1, -0.05) is 13.8 Å². The number of alkyl halides is 2. The Morgan fingerprint density at radius 1 is 1.20 bits per heavy atom. The van der Waals surface area contributed by atoms with Gasteiger partial charge >= 0.3 is 6.61 Å². The van der Waals surface area contributed by atoms with Crippen molar-refractivity contribution in [2.45, 2.75) is 45.8 Å². The van der Waals surface area contributed by atoms with E-state index in [1.54, 1.807) is 20.3 Å². The summed E-state index contributed by atoms with van der Waals surface area (Å²) in [6.45, 7) is 3.52. The fraction of sp³-hybridized carbons (Fsp3) is 0.684. The molecule has 6 heteroatoms. The van der Waals surface area contributed by atoms with Crippen LogP contribution in [0.4, 0.5) is 8.78 Å². The molecule has 0 aliphatic carbocycles. The Hall–Kier alpha value is -1.40. The molecule has 3 atom stereocenters. The van der Waals surface area contributed by atoms with Crippen LogP contribution in [0.15, 0.2) is 12.1 Å². The van der Waals surface area contributed by atoms with Crippen LogP contribution in [0.2, 0.25) is 0 Å². The van der Waals surface area contributed by atoms with Crippen molar-refractivity contribution in [1.29, 1.82) is 0 Å². The van der Waals surface area contributed by atoms with Gasteiger partial charge in [-0.05, 0) is 55.8 Å². The minimum absolute atomic E-state index is 0.213. The molecule has 1 aromatic carbocycles. The van der Waals surface area contributed by atoms with Gasteiger partial charge in [0.25, 0.3) is 0 Å². The standard InChI is InChI=1S/C19H29F2NO3/c1-12-10-22-7-5-6-15(12)13(2)16-9-17(23-3)14(8-18(16)24-4)11-25-19(20)21/h8-9,12-13,15,19,22H,5-7,10-11H2,1-4H3/t12?,13?,15-/m0/s1. The topological polar surface area (TPSA) is 39.7 Å². The lowest BCUT2D eigenvalue weighted by atomic mass is 9.77. The highest BCUT2D eigenvalue weighted by Gasteiger charge is 2.29. The maximum absolute atomic E-state index is 12.4. The van der Waals surface area contributed by atoms with E-state index in [1.165, 1.54) is 0 Å². The van der Waals surface area contributed by atoms with Crippen molar-refractivity contribution in [2.24, 2.45) is 11.8 Å². The molecule has 142 valence electrons. The van der Waals surface area contributed by atoms with E-state index in [0.717, 1.165) is 31.5 Å². The van der Waals surface area contributed by atoms with Crippen molar-refractivity contribution in [1.82, 2.24) is 5.32 Å². The molecule has 1 aliphatic heterocycles. The lowest BCUT2D eigenvalue weighted by Gasteiger charge is -2.29. The zero-order chi connectivity index (χ0) is 18.4. The average Bonchev–Trinajstić information content (AvgIpc) is 2.82. The molecule has 1 heterocycles. The van der Waals surface area contributed by atoms with Gasteiger partial charge < -0.3 is 19.5 Å². The van der Waals surface area contributed by atoms with Crippen LogP contribution in [-0.2, 0) is 11.3 Å². The van der Waals surface area contributed by atoms with E-state index >= 15 is 0 Å². The van der Waals surface area contributed by atoms with Crippen LogP contribution in [-0.4, -0.2) is 33.9 Å². The molecule has 1 fully saturated rings. The summed E-state index contributed by atoms with van der Waals surface area (Å²) in [4.78, 5) is 0. The van der Waals surface area contributed by atoms with E-state index in [-0.39, 0.29) is 12.5 Å². The molecule has 0 aromatic heterocycles.